The summed E-state index contributed by atoms with van der Waals surface area (Å²) in [6.07, 6.45) is 2.98. The second kappa shape index (κ2) is 7.67. The fourth-order valence-corrected chi connectivity index (χ4v) is 2.24. The van der Waals surface area contributed by atoms with Crippen LogP contribution in [0.3, 0.4) is 0 Å². The molecular weight excluding hydrogens is 214 g/mol. The molecule has 0 bridgehead atoms. The Morgan fingerprint density at radius 3 is 2.65 bits per heavy atom. The van der Waals surface area contributed by atoms with Gasteiger partial charge in [-0.05, 0) is 50.9 Å². The molecule has 1 aliphatic heterocycles. The molecule has 0 spiro atoms. The van der Waals surface area contributed by atoms with Gasteiger partial charge in [-0.1, -0.05) is 13.8 Å². The van der Waals surface area contributed by atoms with Gasteiger partial charge < -0.3 is 16.0 Å². The topological polar surface area (TPSA) is 58.4 Å². The van der Waals surface area contributed by atoms with Gasteiger partial charge in [0, 0.05) is 13.0 Å². The lowest BCUT2D eigenvalue weighted by atomic mass is 9.96. The highest BCUT2D eigenvalue weighted by molar-refractivity contribution is 5.76. The molecule has 1 fully saturated rings. The highest BCUT2D eigenvalue weighted by Crippen LogP contribution is 2.15. The third-order valence-corrected chi connectivity index (χ3v) is 3.68. The Hall–Kier alpha value is -0.610. The van der Waals surface area contributed by atoms with E-state index in [-0.39, 0.29) is 11.8 Å². The Bertz CT molecular complexity index is 225. The van der Waals surface area contributed by atoms with Crippen molar-refractivity contribution in [3.63, 3.8) is 0 Å². The van der Waals surface area contributed by atoms with E-state index in [1.165, 1.54) is 25.9 Å². The Labute approximate surface area is 105 Å². The summed E-state index contributed by atoms with van der Waals surface area (Å²) in [4.78, 5) is 14.1. The summed E-state index contributed by atoms with van der Waals surface area (Å²) >= 11 is 0. The first-order valence-corrected chi connectivity index (χ1v) is 6.84. The molecule has 3 N–H and O–H groups in total. The van der Waals surface area contributed by atoms with Crippen molar-refractivity contribution in [1.82, 2.24) is 10.2 Å². The van der Waals surface area contributed by atoms with Crippen LogP contribution in [0.4, 0.5) is 0 Å². The number of hydrogen-bond donors (Lipinski definition) is 2. The minimum Gasteiger partial charge on any atom is -0.356 e. The lowest BCUT2D eigenvalue weighted by Crippen LogP contribution is -2.38. The maximum absolute atomic E-state index is 11.6. The van der Waals surface area contributed by atoms with Gasteiger partial charge in [-0.3, -0.25) is 4.79 Å². The number of nitrogens with one attached hydrogen (secondary N) is 1. The van der Waals surface area contributed by atoms with Crippen LogP contribution in [0.15, 0.2) is 0 Å². The monoisotopic (exact) mass is 241 g/mol. The van der Waals surface area contributed by atoms with Crippen LogP contribution < -0.4 is 11.1 Å². The first-order valence-electron chi connectivity index (χ1n) is 6.84. The second-order valence-corrected chi connectivity index (χ2v) is 5.23. The number of piperidine rings is 1. The predicted octanol–water partition coefficient (Wildman–Crippen LogP) is 0.819. The number of amides is 1. The van der Waals surface area contributed by atoms with Crippen molar-refractivity contribution in [3.05, 3.63) is 0 Å². The SMILES string of the molecule is CCN1CCC(CNC(=O)CC(C)CN)CC1. The van der Waals surface area contributed by atoms with Crippen molar-refractivity contribution in [3.8, 4) is 0 Å². The first kappa shape index (κ1) is 14.5. The number of rotatable bonds is 6. The molecule has 4 nitrogen and oxygen atoms in total. The van der Waals surface area contributed by atoms with Gasteiger partial charge in [-0.2, -0.15) is 0 Å². The van der Waals surface area contributed by atoms with Crippen molar-refractivity contribution >= 4 is 5.91 Å². The number of hydrogen-bond acceptors (Lipinski definition) is 3. The van der Waals surface area contributed by atoms with Gasteiger partial charge >= 0.3 is 0 Å². The summed E-state index contributed by atoms with van der Waals surface area (Å²) in [5.74, 6) is 1.10. The molecule has 0 radical (unpaired) electrons. The standard InChI is InChI=1S/C13H27N3O/c1-3-16-6-4-12(5-7-16)10-15-13(17)8-11(2)9-14/h11-12H,3-10,14H2,1-2H3,(H,15,17). The average molecular weight is 241 g/mol. The minimum atomic E-state index is 0.154. The predicted molar refractivity (Wildman–Crippen MR) is 70.7 cm³/mol. The minimum absolute atomic E-state index is 0.154. The van der Waals surface area contributed by atoms with Crippen LogP contribution in [-0.4, -0.2) is 43.5 Å². The molecule has 100 valence electrons. The molecule has 4 heteroatoms. The van der Waals surface area contributed by atoms with E-state index in [1.807, 2.05) is 6.92 Å². The Morgan fingerprint density at radius 1 is 1.47 bits per heavy atom. The third-order valence-electron chi connectivity index (χ3n) is 3.68. The lowest BCUT2D eigenvalue weighted by Gasteiger charge is -2.31. The summed E-state index contributed by atoms with van der Waals surface area (Å²) in [6, 6.07) is 0. The Morgan fingerprint density at radius 2 is 2.12 bits per heavy atom. The molecule has 1 amide bonds. The number of nitrogens with zero attached hydrogens (tertiary/aromatic N) is 1. The fourth-order valence-electron chi connectivity index (χ4n) is 2.24. The van der Waals surface area contributed by atoms with E-state index in [9.17, 15) is 4.79 Å². The number of likely N-dealkylation sites (tertiary alicyclic amines) is 1. The van der Waals surface area contributed by atoms with Crippen LogP contribution >= 0.6 is 0 Å². The Balaban J connectivity index is 2.12. The van der Waals surface area contributed by atoms with E-state index < -0.39 is 0 Å². The maximum atomic E-state index is 11.6. The zero-order valence-electron chi connectivity index (χ0n) is 11.2. The first-order chi connectivity index (χ1) is 8.15. The van der Waals surface area contributed by atoms with E-state index in [0.717, 1.165) is 13.1 Å². The van der Waals surface area contributed by atoms with E-state index in [0.29, 0.717) is 18.9 Å². The quantitative estimate of drug-likeness (QED) is 0.724. The van der Waals surface area contributed by atoms with Gasteiger partial charge in [0.25, 0.3) is 0 Å². The smallest absolute Gasteiger partial charge is 0.220 e. The van der Waals surface area contributed by atoms with Crippen molar-refractivity contribution in [2.45, 2.75) is 33.1 Å². The zero-order chi connectivity index (χ0) is 12.7. The van der Waals surface area contributed by atoms with Gasteiger partial charge in [-0.15, -0.1) is 0 Å². The molecule has 0 aliphatic carbocycles. The zero-order valence-corrected chi connectivity index (χ0v) is 11.2. The lowest BCUT2D eigenvalue weighted by molar-refractivity contribution is -0.122. The van der Waals surface area contributed by atoms with Crippen molar-refractivity contribution in [2.75, 3.05) is 32.7 Å². The summed E-state index contributed by atoms with van der Waals surface area (Å²) < 4.78 is 0. The second-order valence-electron chi connectivity index (χ2n) is 5.23. The third kappa shape index (κ3) is 5.50. The molecule has 1 saturated heterocycles. The number of carbonyl (C=O) groups excluding carboxylic acids is 1. The van der Waals surface area contributed by atoms with Crippen molar-refractivity contribution < 1.29 is 4.79 Å². The molecule has 0 aromatic carbocycles. The number of carbonyl (C=O) groups is 1. The summed E-state index contributed by atoms with van der Waals surface area (Å²) in [7, 11) is 0. The van der Waals surface area contributed by atoms with E-state index in [2.05, 4.69) is 17.1 Å². The normalized spacial score (nSPS) is 20.2. The van der Waals surface area contributed by atoms with Gasteiger partial charge in [0.15, 0.2) is 0 Å². The molecule has 0 aromatic heterocycles. The van der Waals surface area contributed by atoms with Crippen molar-refractivity contribution in [2.24, 2.45) is 17.6 Å². The van der Waals surface area contributed by atoms with Gasteiger partial charge in [0.05, 0.1) is 0 Å². The fraction of sp³-hybridized carbons (Fsp3) is 0.923. The van der Waals surface area contributed by atoms with Gasteiger partial charge in [0.1, 0.15) is 0 Å². The van der Waals surface area contributed by atoms with Gasteiger partial charge in [0.2, 0.25) is 5.91 Å². The molecule has 1 unspecified atom stereocenters. The van der Waals surface area contributed by atoms with Crippen LogP contribution in [0.25, 0.3) is 0 Å². The molecule has 0 saturated carbocycles. The largest absolute Gasteiger partial charge is 0.356 e. The van der Waals surface area contributed by atoms with Crippen LogP contribution in [0.5, 0.6) is 0 Å². The molecule has 1 aliphatic rings. The van der Waals surface area contributed by atoms with E-state index in [1.54, 1.807) is 0 Å². The molecule has 17 heavy (non-hydrogen) atoms. The number of nitrogens with two attached hydrogens (primary N) is 1. The molecule has 1 heterocycles. The summed E-state index contributed by atoms with van der Waals surface area (Å²) in [5.41, 5.74) is 5.50. The molecule has 1 rings (SSSR count). The highest BCUT2D eigenvalue weighted by Gasteiger charge is 2.18. The van der Waals surface area contributed by atoms with E-state index >= 15 is 0 Å². The molecule has 1 atom stereocenters. The van der Waals surface area contributed by atoms with Crippen LogP contribution in [-0.2, 0) is 4.79 Å². The summed E-state index contributed by atoms with van der Waals surface area (Å²) in [6.45, 7) is 9.14. The Kier molecular flexibility index (Phi) is 6.52. The van der Waals surface area contributed by atoms with Crippen LogP contribution in [0.1, 0.15) is 33.1 Å². The molecule has 0 aromatic rings. The van der Waals surface area contributed by atoms with E-state index in [4.69, 9.17) is 5.73 Å². The van der Waals surface area contributed by atoms with Crippen LogP contribution in [0, 0.1) is 11.8 Å². The molecular formula is C13H27N3O. The maximum Gasteiger partial charge on any atom is 0.220 e. The van der Waals surface area contributed by atoms with Crippen molar-refractivity contribution in [1.29, 1.82) is 0 Å². The average Bonchev–Trinajstić information content (AvgIpc) is 2.36. The van der Waals surface area contributed by atoms with Gasteiger partial charge in [-0.25, -0.2) is 0 Å². The highest BCUT2D eigenvalue weighted by atomic mass is 16.1. The van der Waals surface area contributed by atoms with Crippen LogP contribution in [0.2, 0.25) is 0 Å². The summed E-state index contributed by atoms with van der Waals surface area (Å²) in [5, 5.41) is 3.04.